The normalized spacial score (nSPS) is 15.5. The average molecular weight is 839 g/mol. The van der Waals surface area contributed by atoms with Gasteiger partial charge in [0.05, 0.1) is 56.4 Å². The van der Waals surface area contributed by atoms with Gasteiger partial charge in [0.2, 0.25) is 41.1 Å². The van der Waals surface area contributed by atoms with Gasteiger partial charge in [0.25, 0.3) is 0 Å². The number of aliphatic hydroxyl groups is 4. The molecule has 0 bridgehead atoms. The van der Waals surface area contributed by atoms with Gasteiger partial charge in [0.15, 0.2) is 5.78 Å². The van der Waals surface area contributed by atoms with Gasteiger partial charge in [-0.3, -0.25) is 38.4 Å². The lowest BCUT2D eigenvalue weighted by atomic mass is 9.98. The molecule has 8 atom stereocenters. The monoisotopic (exact) mass is 838 g/mol. The quantitative estimate of drug-likeness (QED) is 0.0136. The van der Waals surface area contributed by atoms with E-state index in [-0.39, 0.29) is 44.6 Å². The molecule has 1 aromatic rings. The first-order chi connectivity index (χ1) is 28.4. The maximum absolute atomic E-state index is 13.0. The Morgan fingerprint density at radius 2 is 1.46 bits per heavy atom. The highest BCUT2D eigenvalue weighted by Crippen LogP contribution is 2.10. The van der Waals surface area contributed by atoms with Crippen molar-refractivity contribution in [2.75, 3.05) is 32.9 Å². The second-order valence-corrected chi connectivity index (χ2v) is 13.8. The number of aliphatic hydroxyl groups excluding tert-OH is 4. The Bertz CT molecular complexity index is 1610. The lowest BCUT2D eigenvalue weighted by molar-refractivity contribution is -0.140. The molecule has 0 aliphatic rings. The molecule has 330 valence electrons. The second-order valence-electron chi connectivity index (χ2n) is 13.8. The third-order valence-corrected chi connectivity index (χ3v) is 8.96. The topological polar surface area (TPSA) is 385 Å². The molecular weight excluding hydrogens is 778 g/mol. The van der Waals surface area contributed by atoms with Crippen LogP contribution >= 0.6 is 0 Å². The number of ketones is 3. The van der Waals surface area contributed by atoms with Crippen molar-refractivity contribution in [3.8, 4) is 0 Å². The first kappa shape index (κ1) is 50.1. The summed E-state index contributed by atoms with van der Waals surface area (Å²) >= 11 is 0. The highest BCUT2D eigenvalue weighted by molar-refractivity contribution is 6.41. The third kappa shape index (κ3) is 20.0. The Labute approximate surface area is 342 Å². The fourth-order valence-corrected chi connectivity index (χ4v) is 5.44. The summed E-state index contributed by atoms with van der Waals surface area (Å²) in [5, 5.41) is 48.8. The van der Waals surface area contributed by atoms with E-state index >= 15 is 0 Å². The number of rotatable bonds is 33. The summed E-state index contributed by atoms with van der Waals surface area (Å²) < 4.78 is 7.20. The smallest absolute Gasteiger partial charge is 0.241 e. The minimum Gasteiger partial charge on any atom is -0.394 e. The summed E-state index contributed by atoms with van der Waals surface area (Å²) in [5.41, 5.74) is 21.4. The molecule has 0 heterocycles. The third-order valence-electron chi connectivity index (χ3n) is 8.96. The van der Waals surface area contributed by atoms with E-state index in [2.05, 4.69) is 32.1 Å². The van der Waals surface area contributed by atoms with Crippen LogP contribution in [0.3, 0.4) is 0 Å². The van der Waals surface area contributed by atoms with Gasteiger partial charge in [0, 0.05) is 25.9 Å². The van der Waals surface area contributed by atoms with Gasteiger partial charge in [-0.25, -0.2) is 10.9 Å². The molecule has 0 aliphatic carbocycles. The van der Waals surface area contributed by atoms with Crippen LogP contribution in [0.5, 0.6) is 0 Å². The largest absolute Gasteiger partial charge is 0.394 e. The predicted molar refractivity (Wildman–Crippen MR) is 209 cm³/mol. The molecule has 0 spiro atoms. The highest BCUT2D eigenvalue weighted by Gasteiger charge is 2.33. The van der Waals surface area contributed by atoms with Crippen LogP contribution in [-0.4, -0.2) is 149 Å². The lowest BCUT2D eigenvalue weighted by Gasteiger charge is -2.26. The van der Waals surface area contributed by atoms with Gasteiger partial charge in [-0.15, -0.1) is 0 Å². The van der Waals surface area contributed by atoms with Crippen molar-refractivity contribution in [2.24, 2.45) is 23.1 Å². The van der Waals surface area contributed by atoms with Gasteiger partial charge in [-0.05, 0) is 38.2 Å². The molecule has 0 saturated carbocycles. The SMILES string of the molecule is [2H]C(=O)[C@H](CC(N)=O)NC(=O)[C@@H](NNC(CO)C(=O)C(=O)[C@H](CO)NCC(CCC(=O)NCCCCCC(=O)C(Cc1ccccc1)NC(=O)C(N)CO)C(N)=O)[C@@H](C)O. The summed E-state index contributed by atoms with van der Waals surface area (Å²) in [6.07, 6.45) is -1.88. The maximum atomic E-state index is 13.0. The Balaban J connectivity index is 2.63. The van der Waals surface area contributed by atoms with Gasteiger partial charge >= 0.3 is 0 Å². The lowest BCUT2D eigenvalue weighted by Crippen LogP contribution is -2.62. The van der Waals surface area contributed by atoms with Crippen molar-refractivity contribution in [3.63, 3.8) is 0 Å². The van der Waals surface area contributed by atoms with E-state index in [1.165, 1.54) is 0 Å². The number of nitrogens with two attached hydrogens (primary N) is 3. The fourth-order valence-electron chi connectivity index (χ4n) is 5.44. The van der Waals surface area contributed by atoms with Gasteiger partial charge in [-0.1, -0.05) is 36.8 Å². The van der Waals surface area contributed by atoms with E-state index in [4.69, 9.17) is 18.6 Å². The Morgan fingerprint density at radius 1 is 0.814 bits per heavy atom. The number of amides is 5. The van der Waals surface area contributed by atoms with Gasteiger partial charge in [-0.2, -0.15) is 0 Å². The zero-order chi connectivity index (χ0) is 45.4. The Kier molecular flexibility index (Phi) is 24.1. The number of Topliss-reactive ketones (excluding diaryl/α,β-unsaturated/α-hetero) is 3. The summed E-state index contributed by atoms with van der Waals surface area (Å²) in [6, 6.07) is 0.448. The number of aldehydes is 1. The molecule has 22 heteroatoms. The standard InChI is InChI=1S/C37H59N9O13/c1-21(51)32(37(59)43-24(17-47)15-30(39)53)46-45-28(20-50)34(56)33(55)27(19-49)42-16-23(35(40)57)11-12-31(54)41-13-7-3-6-10-29(52)26(44-36(58)25(38)18-48)14-22-8-4-2-5-9-22/h2,4-5,8-9,17,21,23-28,32,42,45-46,48-51H,3,6-7,10-16,18-20,38H2,1H3,(H2,39,53)(H2,40,57)(H,41,54)(H,43,59)(H,44,58)/t21-,23?,24+,25?,26?,27+,28?,32+/m1/s1/i17D. The molecule has 0 radical (unpaired) electrons. The van der Waals surface area contributed by atoms with Crippen molar-refractivity contribution in [2.45, 2.75) is 101 Å². The van der Waals surface area contributed by atoms with Crippen molar-refractivity contribution < 1.29 is 64.9 Å². The van der Waals surface area contributed by atoms with Crippen molar-refractivity contribution in [3.05, 3.63) is 35.9 Å². The van der Waals surface area contributed by atoms with Gasteiger partial charge < -0.3 is 63.7 Å². The fraction of sp³-hybridized carbons (Fsp3) is 0.595. The highest BCUT2D eigenvalue weighted by atomic mass is 16.3. The molecule has 5 amide bonds. The first-order valence-corrected chi connectivity index (χ1v) is 19.0. The number of unbranched alkanes of at least 4 members (excludes halogenated alkanes) is 2. The van der Waals surface area contributed by atoms with E-state index in [0.717, 1.165) is 12.5 Å². The van der Waals surface area contributed by atoms with E-state index in [9.17, 15) is 63.6 Å². The first-order valence-electron chi connectivity index (χ1n) is 19.5. The number of benzene rings is 1. The molecule has 59 heavy (non-hydrogen) atoms. The number of hydrazine groups is 1. The van der Waals surface area contributed by atoms with Gasteiger partial charge in [0.1, 0.15) is 25.8 Å². The number of hydrogen-bond acceptors (Lipinski definition) is 17. The molecule has 0 fully saturated rings. The van der Waals surface area contributed by atoms with E-state index in [1.807, 2.05) is 18.2 Å². The van der Waals surface area contributed by atoms with Crippen LogP contribution in [0.1, 0.15) is 58.8 Å². The molecule has 22 nitrogen and oxygen atoms in total. The number of carbonyl (C=O) groups is 9. The van der Waals surface area contributed by atoms with Crippen molar-refractivity contribution in [1.82, 2.24) is 32.1 Å². The number of hydrogen-bond donors (Lipinski definition) is 13. The second kappa shape index (κ2) is 28.4. The Hall–Kier alpha value is -5.07. The molecule has 16 N–H and O–H groups in total. The van der Waals surface area contributed by atoms with Crippen LogP contribution in [0.15, 0.2) is 30.3 Å². The molecular formula is C37H59N9O13. The number of primary amides is 2. The minimum absolute atomic E-state index is 0.0724. The summed E-state index contributed by atoms with van der Waals surface area (Å²) in [4.78, 5) is 111. The van der Waals surface area contributed by atoms with Crippen LogP contribution in [-0.2, 0) is 49.6 Å². The summed E-state index contributed by atoms with van der Waals surface area (Å²) in [6.45, 7) is -1.48. The molecule has 4 unspecified atom stereocenters. The zero-order valence-corrected chi connectivity index (χ0v) is 32.9. The zero-order valence-electron chi connectivity index (χ0n) is 33.9. The van der Waals surface area contributed by atoms with Crippen LogP contribution in [0, 0.1) is 5.92 Å². The van der Waals surface area contributed by atoms with Crippen molar-refractivity contribution >= 4 is 53.1 Å². The molecule has 0 saturated heterocycles. The van der Waals surface area contributed by atoms with E-state index < -0.39 is 122 Å². The van der Waals surface area contributed by atoms with Crippen LogP contribution in [0.4, 0.5) is 0 Å². The molecule has 1 aromatic carbocycles. The minimum atomic E-state index is -1.74. The van der Waals surface area contributed by atoms with E-state index in [1.54, 1.807) is 12.1 Å². The van der Waals surface area contributed by atoms with Crippen molar-refractivity contribution in [1.29, 1.82) is 0 Å². The summed E-state index contributed by atoms with van der Waals surface area (Å²) in [7, 11) is 0. The molecule has 0 aliphatic heterocycles. The number of nitrogens with one attached hydrogen (secondary N) is 6. The van der Waals surface area contributed by atoms with E-state index in [0.29, 0.717) is 19.3 Å². The van der Waals surface area contributed by atoms with Crippen LogP contribution in [0.2, 0.25) is 0 Å². The number of carbonyl (C=O) groups excluding carboxylic acids is 9. The van der Waals surface area contributed by atoms with Crippen LogP contribution < -0.4 is 49.3 Å². The molecule has 1 rings (SSSR count). The van der Waals surface area contributed by atoms with Crippen LogP contribution in [0.25, 0.3) is 0 Å². The Morgan fingerprint density at radius 3 is 2.02 bits per heavy atom. The molecule has 0 aromatic heterocycles. The average Bonchev–Trinajstić information content (AvgIpc) is 3.20. The maximum Gasteiger partial charge on any atom is 0.241 e. The predicted octanol–water partition coefficient (Wildman–Crippen LogP) is -5.99. The summed E-state index contributed by atoms with van der Waals surface area (Å²) in [5.74, 6) is -7.81.